The zero-order chi connectivity index (χ0) is 14.5. The highest BCUT2D eigenvalue weighted by Crippen LogP contribution is 2.35. The molecule has 1 unspecified atom stereocenters. The molecule has 0 saturated heterocycles. The van der Waals surface area contributed by atoms with Crippen LogP contribution in [0.4, 0.5) is 0 Å². The van der Waals surface area contributed by atoms with Crippen LogP contribution in [0.3, 0.4) is 0 Å². The maximum Gasteiger partial charge on any atom is 0.0522 e. The number of hydrogen-bond donors (Lipinski definition) is 1. The van der Waals surface area contributed by atoms with E-state index in [9.17, 15) is 0 Å². The van der Waals surface area contributed by atoms with Gasteiger partial charge in [0.15, 0.2) is 0 Å². The molecular weight excluding hydrogens is 234 g/mol. The van der Waals surface area contributed by atoms with E-state index in [-0.39, 0.29) is 5.54 Å². The minimum Gasteiger partial charge on any atom is -0.309 e. The van der Waals surface area contributed by atoms with Gasteiger partial charge < -0.3 is 10.2 Å². The highest BCUT2D eigenvalue weighted by molar-refractivity contribution is 5.22. The lowest BCUT2D eigenvalue weighted by Crippen LogP contribution is -2.53. The number of rotatable bonds is 7. The monoisotopic (exact) mass is 263 g/mol. The van der Waals surface area contributed by atoms with Crippen molar-refractivity contribution in [2.75, 3.05) is 20.6 Å². The van der Waals surface area contributed by atoms with Crippen molar-refractivity contribution in [3.8, 4) is 0 Å². The Morgan fingerprint density at radius 1 is 1.21 bits per heavy atom. The van der Waals surface area contributed by atoms with Gasteiger partial charge in [-0.25, -0.2) is 0 Å². The average molecular weight is 263 g/mol. The molecule has 3 heteroatoms. The van der Waals surface area contributed by atoms with Crippen LogP contribution in [0, 0.1) is 6.92 Å². The summed E-state index contributed by atoms with van der Waals surface area (Å²) in [6.07, 6.45) is 4.25. The molecule has 1 atom stereocenters. The van der Waals surface area contributed by atoms with E-state index in [1.54, 1.807) is 0 Å². The Bertz CT molecular complexity index is 366. The fraction of sp³-hybridized carbons (Fsp3) is 0.688. The molecule has 0 amide bonds. The van der Waals surface area contributed by atoms with E-state index in [4.69, 9.17) is 0 Å². The quantitative estimate of drug-likeness (QED) is 0.819. The third-order valence-corrected chi connectivity index (χ3v) is 4.33. The summed E-state index contributed by atoms with van der Waals surface area (Å²) in [5.74, 6) is 0. The van der Waals surface area contributed by atoms with E-state index in [2.05, 4.69) is 62.2 Å². The molecule has 0 saturated carbocycles. The number of likely N-dealkylation sites (N-methyl/N-ethyl adjacent to an activating group) is 2. The number of aromatic nitrogens is 1. The summed E-state index contributed by atoms with van der Waals surface area (Å²) in [6, 6.07) is 4.63. The van der Waals surface area contributed by atoms with E-state index in [1.165, 1.54) is 5.56 Å². The number of pyridine rings is 1. The van der Waals surface area contributed by atoms with Gasteiger partial charge in [-0.1, -0.05) is 26.8 Å². The lowest BCUT2D eigenvalue weighted by Gasteiger charge is -2.45. The van der Waals surface area contributed by atoms with Gasteiger partial charge in [0.05, 0.1) is 6.04 Å². The molecule has 0 radical (unpaired) electrons. The first-order valence-corrected chi connectivity index (χ1v) is 7.35. The summed E-state index contributed by atoms with van der Waals surface area (Å²) < 4.78 is 0. The number of hydrogen-bond acceptors (Lipinski definition) is 3. The molecule has 0 spiro atoms. The van der Waals surface area contributed by atoms with Gasteiger partial charge in [-0.3, -0.25) is 4.98 Å². The molecule has 0 bridgehead atoms. The Balaban J connectivity index is 3.20. The molecule has 0 aliphatic heterocycles. The summed E-state index contributed by atoms with van der Waals surface area (Å²) in [6.45, 7) is 9.71. The second-order valence-corrected chi connectivity index (χ2v) is 5.43. The largest absolute Gasteiger partial charge is 0.309 e. The first-order chi connectivity index (χ1) is 9.01. The third-order valence-electron chi connectivity index (χ3n) is 4.33. The van der Waals surface area contributed by atoms with Gasteiger partial charge in [-0.05, 0) is 52.0 Å². The smallest absolute Gasteiger partial charge is 0.0522 e. The van der Waals surface area contributed by atoms with Crippen LogP contribution < -0.4 is 5.32 Å². The van der Waals surface area contributed by atoms with E-state index in [0.717, 1.165) is 25.1 Å². The van der Waals surface area contributed by atoms with Crippen molar-refractivity contribution in [2.24, 2.45) is 0 Å². The summed E-state index contributed by atoms with van der Waals surface area (Å²) in [7, 11) is 4.36. The van der Waals surface area contributed by atoms with E-state index >= 15 is 0 Å². The Kier molecular flexibility index (Phi) is 5.95. The summed E-state index contributed by atoms with van der Waals surface area (Å²) in [5, 5.41) is 3.66. The topological polar surface area (TPSA) is 28.2 Å². The Labute approximate surface area is 118 Å². The van der Waals surface area contributed by atoms with Crippen LogP contribution in [-0.4, -0.2) is 36.1 Å². The van der Waals surface area contributed by atoms with Gasteiger partial charge in [-0.15, -0.1) is 0 Å². The summed E-state index contributed by atoms with van der Waals surface area (Å²) >= 11 is 0. The lowest BCUT2D eigenvalue weighted by atomic mass is 9.80. The molecule has 3 nitrogen and oxygen atoms in total. The van der Waals surface area contributed by atoms with Crippen molar-refractivity contribution in [2.45, 2.75) is 52.1 Å². The van der Waals surface area contributed by atoms with Crippen molar-refractivity contribution < 1.29 is 0 Å². The molecule has 1 aromatic heterocycles. The predicted octanol–water partition coefficient (Wildman–Crippen LogP) is 3.16. The van der Waals surface area contributed by atoms with Crippen LogP contribution in [0.1, 0.15) is 50.9 Å². The Hall–Kier alpha value is -0.930. The van der Waals surface area contributed by atoms with Crippen LogP contribution >= 0.6 is 0 Å². The average Bonchev–Trinajstić information content (AvgIpc) is 2.40. The predicted molar refractivity (Wildman–Crippen MR) is 82.4 cm³/mol. The SMILES string of the molecule is CCNC(c1ccc(C)nc1)C(CC)(CC)N(C)C. The highest BCUT2D eigenvalue weighted by atomic mass is 15.2. The molecular formula is C16H29N3. The maximum atomic E-state index is 4.47. The van der Waals surface area contributed by atoms with Gasteiger partial charge in [0.1, 0.15) is 0 Å². The summed E-state index contributed by atoms with van der Waals surface area (Å²) in [5.41, 5.74) is 2.49. The Morgan fingerprint density at radius 3 is 2.21 bits per heavy atom. The number of nitrogens with zero attached hydrogens (tertiary/aromatic N) is 2. The van der Waals surface area contributed by atoms with Crippen molar-refractivity contribution in [1.29, 1.82) is 0 Å². The van der Waals surface area contributed by atoms with Crippen LogP contribution in [0.5, 0.6) is 0 Å². The maximum absolute atomic E-state index is 4.47. The lowest BCUT2D eigenvalue weighted by molar-refractivity contribution is 0.0887. The van der Waals surface area contributed by atoms with Crippen molar-refractivity contribution in [3.05, 3.63) is 29.6 Å². The van der Waals surface area contributed by atoms with E-state index in [1.807, 2.05) is 13.1 Å². The Morgan fingerprint density at radius 2 is 1.84 bits per heavy atom. The molecule has 1 N–H and O–H groups in total. The van der Waals surface area contributed by atoms with Crippen LogP contribution in [0.15, 0.2) is 18.3 Å². The normalized spacial score (nSPS) is 13.8. The molecule has 0 aromatic carbocycles. The molecule has 108 valence electrons. The molecule has 1 heterocycles. The van der Waals surface area contributed by atoms with Gasteiger partial charge >= 0.3 is 0 Å². The molecule has 0 aliphatic rings. The molecule has 1 aromatic rings. The van der Waals surface area contributed by atoms with Crippen LogP contribution in [0.2, 0.25) is 0 Å². The summed E-state index contributed by atoms with van der Waals surface area (Å²) in [4.78, 5) is 6.83. The van der Waals surface area contributed by atoms with Crippen LogP contribution in [-0.2, 0) is 0 Å². The molecule has 0 fully saturated rings. The van der Waals surface area contributed by atoms with Crippen molar-refractivity contribution in [3.63, 3.8) is 0 Å². The molecule has 1 rings (SSSR count). The number of aryl methyl sites for hydroxylation is 1. The fourth-order valence-electron chi connectivity index (χ4n) is 3.02. The third kappa shape index (κ3) is 3.34. The minimum atomic E-state index is 0.132. The van der Waals surface area contributed by atoms with E-state index in [0.29, 0.717) is 6.04 Å². The molecule has 19 heavy (non-hydrogen) atoms. The zero-order valence-electron chi connectivity index (χ0n) is 13.3. The van der Waals surface area contributed by atoms with Gasteiger partial charge in [0, 0.05) is 17.4 Å². The number of nitrogens with one attached hydrogen (secondary N) is 1. The molecule has 0 aliphatic carbocycles. The van der Waals surface area contributed by atoms with Gasteiger partial charge in [0.25, 0.3) is 0 Å². The van der Waals surface area contributed by atoms with Crippen molar-refractivity contribution in [1.82, 2.24) is 15.2 Å². The first-order valence-electron chi connectivity index (χ1n) is 7.35. The second kappa shape index (κ2) is 7.01. The second-order valence-electron chi connectivity index (χ2n) is 5.43. The van der Waals surface area contributed by atoms with Crippen LogP contribution in [0.25, 0.3) is 0 Å². The van der Waals surface area contributed by atoms with Crippen molar-refractivity contribution >= 4 is 0 Å². The van der Waals surface area contributed by atoms with E-state index < -0.39 is 0 Å². The fourth-order valence-corrected chi connectivity index (χ4v) is 3.02. The minimum absolute atomic E-state index is 0.132. The standard InChI is InChI=1S/C16H29N3/c1-7-16(8-2,19(5)6)15(17-9-3)14-11-10-13(4)18-12-14/h10-12,15,17H,7-9H2,1-6H3. The highest BCUT2D eigenvalue weighted by Gasteiger charge is 2.38. The van der Waals surface area contributed by atoms with Gasteiger partial charge in [-0.2, -0.15) is 0 Å². The zero-order valence-corrected chi connectivity index (χ0v) is 13.3. The van der Waals surface area contributed by atoms with Gasteiger partial charge in [0.2, 0.25) is 0 Å². The first kappa shape index (κ1) is 16.1.